The van der Waals surface area contributed by atoms with Crippen LogP contribution in [0.25, 0.3) is 0 Å². The maximum absolute atomic E-state index is 12.5. The first-order valence-corrected chi connectivity index (χ1v) is 5.20. The van der Waals surface area contributed by atoms with Gasteiger partial charge in [-0.1, -0.05) is 0 Å². The molecule has 0 aliphatic rings. The fourth-order valence-corrected chi connectivity index (χ4v) is 1.44. The van der Waals surface area contributed by atoms with Crippen LogP contribution in [0.1, 0.15) is 11.4 Å². The van der Waals surface area contributed by atoms with E-state index >= 15 is 0 Å². The molecule has 0 unspecified atom stereocenters. The first-order chi connectivity index (χ1) is 8.47. The molecule has 4 nitrogen and oxygen atoms in total. The molecule has 1 N–H and O–H groups in total. The van der Waals surface area contributed by atoms with Crippen LogP contribution in [0.3, 0.4) is 0 Å². The number of imidazole rings is 1. The molecular formula is C11H11F3N4. The van der Waals surface area contributed by atoms with Gasteiger partial charge in [0, 0.05) is 25.6 Å². The lowest BCUT2D eigenvalue weighted by atomic mass is 10.2. The maximum atomic E-state index is 12.5. The second-order valence-corrected chi connectivity index (χ2v) is 3.74. The zero-order valence-electron chi connectivity index (χ0n) is 9.57. The molecule has 0 saturated carbocycles. The SMILES string of the molecule is Cn1ccnc1CNc1cc(C(F)(F)F)ccn1. The van der Waals surface area contributed by atoms with Crippen molar-refractivity contribution in [2.75, 3.05) is 5.32 Å². The highest BCUT2D eigenvalue weighted by Crippen LogP contribution is 2.29. The van der Waals surface area contributed by atoms with Gasteiger partial charge in [-0.3, -0.25) is 0 Å². The van der Waals surface area contributed by atoms with Gasteiger partial charge in [0.1, 0.15) is 11.6 Å². The number of aryl methyl sites for hydroxylation is 1. The summed E-state index contributed by atoms with van der Waals surface area (Å²) in [5, 5.41) is 2.81. The molecule has 0 bridgehead atoms. The molecule has 0 aromatic carbocycles. The number of rotatable bonds is 3. The van der Waals surface area contributed by atoms with Crippen molar-refractivity contribution >= 4 is 5.82 Å². The molecule has 0 saturated heterocycles. The van der Waals surface area contributed by atoms with Gasteiger partial charge in [-0.2, -0.15) is 13.2 Å². The molecule has 0 radical (unpaired) electrons. The van der Waals surface area contributed by atoms with Gasteiger partial charge in [0.15, 0.2) is 0 Å². The van der Waals surface area contributed by atoms with Gasteiger partial charge in [-0.15, -0.1) is 0 Å². The molecule has 0 atom stereocenters. The lowest BCUT2D eigenvalue weighted by molar-refractivity contribution is -0.137. The molecule has 2 aromatic rings. The molecule has 2 aromatic heterocycles. The Labute approximate surface area is 101 Å². The minimum absolute atomic E-state index is 0.174. The molecule has 0 aliphatic carbocycles. The minimum atomic E-state index is -4.36. The summed E-state index contributed by atoms with van der Waals surface area (Å²) < 4.78 is 39.2. The third-order valence-corrected chi connectivity index (χ3v) is 2.44. The molecule has 0 aliphatic heterocycles. The Morgan fingerprint density at radius 2 is 2.06 bits per heavy atom. The van der Waals surface area contributed by atoms with Crippen LogP contribution >= 0.6 is 0 Å². The summed E-state index contributed by atoms with van der Waals surface area (Å²) in [4.78, 5) is 7.89. The van der Waals surface area contributed by atoms with Crippen molar-refractivity contribution in [2.24, 2.45) is 7.05 Å². The van der Waals surface area contributed by atoms with Gasteiger partial charge < -0.3 is 9.88 Å². The van der Waals surface area contributed by atoms with E-state index in [0.717, 1.165) is 18.3 Å². The van der Waals surface area contributed by atoms with E-state index in [1.807, 2.05) is 7.05 Å². The highest BCUT2D eigenvalue weighted by Gasteiger charge is 2.30. The fraction of sp³-hybridized carbons (Fsp3) is 0.273. The molecule has 0 amide bonds. The lowest BCUT2D eigenvalue weighted by Crippen LogP contribution is -2.09. The summed E-state index contributed by atoms with van der Waals surface area (Å²) in [6.07, 6.45) is 0.152. The van der Waals surface area contributed by atoms with Crippen molar-refractivity contribution in [1.82, 2.24) is 14.5 Å². The van der Waals surface area contributed by atoms with Gasteiger partial charge >= 0.3 is 6.18 Å². The van der Waals surface area contributed by atoms with Gasteiger partial charge in [-0.25, -0.2) is 9.97 Å². The summed E-state index contributed by atoms with van der Waals surface area (Å²) in [6, 6.07) is 1.91. The molecule has 0 fully saturated rings. The van der Waals surface area contributed by atoms with Gasteiger partial charge in [0.05, 0.1) is 12.1 Å². The van der Waals surface area contributed by atoms with Crippen LogP contribution in [0.2, 0.25) is 0 Å². The fourth-order valence-electron chi connectivity index (χ4n) is 1.44. The van der Waals surface area contributed by atoms with Crippen molar-refractivity contribution < 1.29 is 13.2 Å². The molecular weight excluding hydrogens is 245 g/mol. The number of hydrogen-bond acceptors (Lipinski definition) is 3. The quantitative estimate of drug-likeness (QED) is 0.917. The zero-order chi connectivity index (χ0) is 13.2. The number of nitrogens with zero attached hydrogens (tertiary/aromatic N) is 3. The highest BCUT2D eigenvalue weighted by molar-refractivity contribution is 5.38. The first-order valence-electron chi connectivity index (χ1n) is 5.20. The molecule has 7 heteroatoms. The number of halogens is 3. The van der Waals surface area contributed by atoms with Gasteiger partial charge in [0.2, 0.25) is 0 Å². The van der Waals surface area contributed by atoms with Crippen molar-refractivity contribution in [3.63, 3.8) is 0 Å². The topological polar surface area (TPSA) is 42.7 Å². The molecule has 0 spiro atoms. The molecule has 96 valence electrons. The zero-order valence-corrected chi connectivity index (χ0v) is 9.57. The van der Waals surface area contributed by atoms with E-state index in [9.17, 15) is 13.2 Å². The number of hydrogen-bond donors (Lipinski definition) is 1. The number of alkyl halides is 3. The predicted molar refractivity (Wildman–Crippen MR) is 59.8 cm³/mol. The Hall–Kier alpha value is -2.05. The second kappa shape index (κ2) is 4.67. The number of pyridine rings is 1. The van der Waals surface area contributed by atoms with Crippen LogP contribution < -0.4 is 5.32 Å². The summed E-state index contributed by atoms with van der Waals surface area (Å²) in [5.41, 5.74) is -0.722. The summed E-state index contributed by atoms with van der Waals surface area (Å²) >= 11 is 0. The van der Waals surface area contributed by atoms with Crippen LogP contribution in [0.4, 0.5) is 19.0 Å². The monoisotopic (exact) mass is 256 g/mol. The van der Waals surface area contributed by atoms with Crippen LogP contribution in [0, 0.1) is 0 Å². The van der Waals surface area contributed by atoms with E-state index in [1.165, 1.54) is 0 Å². The van der Waals surface area contributed by atoms with Crippen molar-refractivity contribution in [2.45, 2.75) is 12.7 Å². The first kappa shape index (κ1) is 12.4. The van der Waals surface area contributed by atoms with E-state index in [-0.39, 0.29) is 5.82 Å². The van der Waals surface area contributed by atoms with Crippen LogP contribution in [0.15, 0.2) is 30.7 Å². The van der Waals surface area contributed by atoms with Gasteiger partial charge in [-0.05, 0) is 12.1 Å². The minimum Gasteiger partial charge on any atom is -0.363 e. The number of aromatic nitrogens is 3. The van der Waals surface area contributed by atoms with E-state index in [4.69, 9.17) is 0 Å². The van der Waals surface area contributed by atoms with Gasteiger partial charge in [0.25, 0.3) is 0 Å². The normalized spacial score (nSPS) is 11.6. The third-order valence-electron chi connectivity index (χ3n) is 2.44. The molecule has 2 heterocycles. The number of anilines is 1. The van der Waals surface area contributed by atoms with E-state index < -0.39 is 11.7 Å². The predicted octanol–water partition coefficient (Wildman–Crippen LogP) is 2.45. The Kier molecular flexibility index (Phi) is 3.22. The average molecular weight is 256 g/mol. The van der Waals surface area contributed by atoms with E-state index in [2.05, 4.69) is 15.3 Å². The Balaban J connectivity index is 2.09. The Morgan fingerprint density at radius 3 is 2.67 bits per heavy atom. The molecule has 18 heavy (non-hydrogen) atoms. The standard InChI is InChI=1S/C11H11F3N4/c1-18-5-4-16-10(18)7-17-9-6-8(2-3-15-9)11(12,13)14/h2-6H,7H2,1H3,(H,15,17). The average Bonchev–Trinajstić information content (AvgIpc) is 2.72. The summed E-state index contributed by atoms with van der Waals surface area (Å²) in [7, 11) is 1.81. The highest BCUT2D eigenvalue weighted by atomic mass is 19.4. The molecule has 2 rings (SSSR count). The Bertz CT molecular complexity index is 533. The van der Waals surface area contributed by atoms with Crippen LogP contribution in [-0.4, -0.2) is 14.5 Å². The van der Waals surface area contributed by atoms with Crippen molar-refractivity contribution in [1.29, 1.82) is 0 Å². The summed E-state index contributed by atoms with van der Waals surface area (Å²) in [5.74, 6) is 0.891. The van der Waals surface area contributed by atoms with Crippen LogP contribution in [0.5, 0.6) is 0 Å². The smallest absolute Gasteiger partial charge is 0.363 e. The lowest BCUT2D eigenvalue weighted by Gasteiger charge is -2.09. The maximum Gasteiger partial charge on any atom is 0.416 e. The third kappa shape index (κ3) is 2.79. The van der Waals surface area contributed by atoms with Crippen molar-refractivity contribution in [3.05, 3.63) is 42.1 Å². The second-order valence-electron chi connectivity index (χ2n) is 3.74. The van der Waals surface area contributed by atoms with Crippen molar-refractivity contribution in [3.8, 4) is 0 Å². The largest absolute Gasteiger partial charge is 0.416 e. The Morgan fingerprint density at radius 1 is 1.28 bits per heavy atom. The van der Waals surface area contributed by atoms with Crippen LogP contribution in [-0.2, 0) is 19.8 Å². The van der Waals surface area contributed by atoms with E-state index in [1.54, 1.807) is 17.0 Å². The number of nitrogens with one attached hydrogen (secondary N) is 1. The summed E-state index contributed by atoms with van der Waals surface area (Å²) in [6.45, 7) is 0.317. The van der Waals surface area contributed by atoms with E-state index in [0.29, 0.717) is 12.4 Å².